The molecule has 22 heavy (non-hydrogen) atoms. The molecule has 4 nitrogen and oxygen atoms in total. The molecule has 1 aliphatic heterocycles. The minimum Gasteiger partial charge on any atom is -0.315 e. The molecule has 0 aromatic heterocycles. The van der Waals surface area contributed by atoms with Gasteiger partial charge < -0.3 is 5.32 Å². The Morgan fingerprint density at radius 1 is 1.18 bits per heavy atom. The van der Waals surface area contributed by atoms with Crippen LogP contribution in [0.2, 0.25) is 0 Å². The third kappa shape index (κ3) is 4.69. The molecule has 2 atom stereocenters. The maximum Gasteiger partial charge on any atom is 0.240 e. The number of hydrogen-bond acceptors (Lipinski definition) is 3. The number of piperidine rings is 1. The highest BCUT2D eigenvalue weighted by Gasteiger charge is 2.26. The van der Waals surface area contributed by atoms with Gasteiger partial charge >= 0.3 is 0 Å². The van der Waals surface area contributed by atoms with Gasteiger partial charge in [-0.25, -0.2) is 13.1 Å². The summed E-state index contributed by atoms with van der Waals surface area (Å²) >= 11 is 0. The molecule has 0 radical (unpaired) electrons. The number of nitrogens with one attached hydrogen (secondary N) is 2. The topological polar surface area (TPSA) is 58.2 Å². The molecule has 1 saturated heterocycles. The van der Waals surface area contributed by atoms with Crippen molar-refractivity contribution in [3.8, 4) is 0 Å². The second-order valence-electron chi connectivity index (χ2n) is 6.97. The van der Waals surface area contributed by atoms with Gasteiger partial charge in [-0.1, -0.05) is 39.8 Å². The summed E-state index contributed by atoms with van der Waals surface area (Å²) in [5.41, 5.74) is 1.16. The van der Waals surface area contributed by atoms with Crippen LogP contribution in [0.4, 0.5) is 0 Å². The summed E-state index contributed by atoms with van der Waals surface area (Å²) in [5, 5.41) is 3.24. The fourth-order valence-corrected chi connectivity index (χ4v) is 3.89. The lowest BCUT2D eigenvalue weighted by molar-refractivity contribution is 0.327. The molecule has 1 aliphatic rings. The number of rotatable bonds is 3. The van der Waals surface area contributed by atoms with Gasteiger partial charge in [-0.15, -0.1) is 12.4 Å². The molecule has 2 N–H and O–H groups in total. The van der Waals surface area contributed by atoms with Gasteiger partial charge in [-0.05, 0) is 42.0 Å². The van der Waals surface area contributed by atoms with Gasteiger partial charge in [0, 0.05) is 12.6 Å². The highest BCUT2D eigenvalue weighted by Crippen LogP contribution is 2.23. The maximum absolute atomic E-state index is 12.5. The molecule has 0 amide bonds. The van der Waals surface area contributed by atoms with Gasteiger partial charge in [0.1, 0.15) is 0 Å². The van der Waals surface area contributed by atoms with Crippen molar-refractivity contribution in [3.05, 3.63) is 29.8 Å². The summed E-state index contributed by atoms with van der Waals surface area (Å²) in [6.07, 6.45) is 0.996. The first-order valence-electron chi connectivity index (χ1n) is 7.54. The number of hydrogen-bond donors (Lipinski definition) is 2. The van der Waals surface area contributed by atoms with Crippen molar-refractivity contribution >= 4 is 22.4 Å². The van der Waals surface area contributed by atoms with Gasteiger partial charge in [0.25, 0.3) is 0 Å². The summed E-state index contributed by atoms with van der Waals surface area (Å²) in [5.74, 6) is 0.356. The first kappa shape index (κ1) is 19.4. The van der Waals surface area contributed by atoms with E-state index in [1.165, 1.54) is 0 Å². The Bertz CT molecular complexity index is 579. The summed E-state index contributed by atoms with van der Waals surface area (Å²) in [6, 6.07) is 7.16. The molecule has 0 saturated carbocycles. The first-order valence-corrected chi connectivity index (χ1v) is 9.02. The zero-order valence-corrected chi connectivity index (χ0v) is 15.4. The minimum atomic E-state index is -3.45. The zero-order valence-electron chi connectivity index (χ0n) is 13.7. The van der Waals surface area contributed by atoms with E-state index in [-0.39, 0.29) is 23.9 Å². The lowest BCUT2D eigenvalue weighted by atomic mass is 9.87. The van der Waals surface area contributed by atoms with E-state index in [2.05, 4.69) is 37.7 Å². The SMILES string of the molecule is CC1CCNCC1NS(=O)(=O)c1ccc(C(C)(C)C)cc1.Cl. The molecule has 126 valence electrons. The van der Waals surface area contributed by atoms with Crippen molar-refractivity contribution in [2.45, 2.75) is 50.5 Å². The predicted molar refractivity (Wildman–Crippen MR) is 93.2 cm³/mol. The van der Waals surface area contributed by atoms with Gasteiger partial charge in [0.15, 0.2) is 0 Å². The second kappa shape index (κ2) is 7.30. The average Bonchev–Trinajstić information content (AvgIpc) is 2.40. The Kier molecular flexibility index (Phi) is 6.45. The smallest absolute Gasteiger partial charge is 0.240 e. The Morgan fingerprint density at radius 3 is 2.27 bits per heavy atom. The van der Waals surface area contributed by atoms with E-state index in [1.807, 2.05) is 12.1 Å². The number of halogens is 1. The maximum atomic E-state index is 12.5. The average molecular weight is 347 g/mol. The predicted octanol–water partition coefficient (Wildman–Crippen LogP) is 2.68. The summed E-state index contributed by atoms with van der Waals surface area (Å²) in [7, 11) is -3.45. The molecule has 2 unspecified atom stereocenters. The van der Waals surface area contributed by atoms with Gasteiger partial charge in [0.2, 0.25) is 10.0 Å². The monoisotopic (exact) mass is 346 g/mol. The summed E-state index contributed by atoms with van der Waals surface area (Å²) in [6.45, 7) is 10.1. The van der Waals surface area contributed by atoms with Gasteiger partial charge in [0.05, 0.1) is 4.90 Å². The summed E-state index contributed by atoms with van der Waals surface area (Å²) < 4.78 is 27.8. The van der Waals surface area contributed by atoms with Crippen LogP contribution in [-0.4, -0.2) is 27.5 Å². The third-order valence-corrected chi connectivity index (χ3v) is 5.67. The fraction of sp³-hybridized carbons (Fsp3) is 0.625. The van der Waals surface area contributed by atoms with Crippen LogP contribution in [0.15, 0.2) is 29.2 Å². The minimum absolute atomic E-state index is 0. The quantitative estimate of drug-likeness (QED) is 0.884. The van der Waals surface area contributed by atoms with Crippen LogP contribution in [0, 0.1) is 5.92 Å². The van der Waals surface area contributed by atoms with Crippen LogP contribution >= 0.6 is 12.4 Å². The van der Waals surface area contributed by atoms with Crippen molar-refractivity contribution in [2.24, 2.45) is 5.92 Å². The van der Waals surface area contributed by atoms with Crippen LogP contribution in [0.25, 0.3) is 0 Å². The van der Waals surface area contributed by atoms with E-state index in [9.17, 15) is 8.42 Å². The molecule has 0 bridgehead atoms. The first-order chi connectivity index (χ1) is 9.70. The Hall–Kier alpha value is -0.620. The van der Waals surface area contributed by atoms with Gasteiger partial charge in [-0.2, -0.15) is 0 Å². The standard InChI is InChI=1S/C16H26N2O2S.ClH/c1-12-9-10-17-11-15(12)18-21(19,20)14-7-5-13(6-8-14)16(2,3)4;/h5-8,12,15,17-18H,9-11H2,1-4H3;1H. The van der Waals surface area contributed by atoms with Crippen LogP contribution in [-0.2, 0) is 15.4 Å². The molecule has 1 aromatic carbocycles. The van der Waals surface area contributed by atoms with Crippen molar-refractivity contribution in [3.63, 3.8) is 0 Å². The molecule has 1 aromatic rings. The van der Waals surface area contributed by atoms with Gasteiger partial charge in [-0.3, -0.25) is 0 Å². The molecule has 0 spiro atoms. The Labute approximate surface area is 140 Å². The van der Waals surface area contributed by atoms with E-state index < -0.39 is 10.0 Å². The Morgan fingerprint density at radius 2 is 1.77 bits per heavy atom. The molecule has 0 aliphatic carbocycles. The van der Waals surface area contributed by atoms with E-state index in [0.29, 0.717) is 17.4 Å². The van der Waals surface area contributed by atoms with Crippen LogP contribution < -0.4 is 10.0 Å². The molecule has 1 fully saturated rings. The molecule has 1 heterocycles. The van der Waals surface area contributed by atoms with E-state index >= 15 is 0 Å². The van der Waals surface area contributed by atoms with E-state index in [0.717, 1.165) is 18.5 Å². The lowest BCUT2D eigenvalue weighted by Gasteiger charge is -2.30. The van der Waals surface area contributed by atoms with Crippen LogP contribution in [0.1, 0.15) is 39.7 Å². The van der Waals surface area contributed by atoms with Crippen molar-refractivity contribution in [1.82, 2.24) is 10.0 Å². The van der Waals surface area contributed by atoms with E-state index in [4.69, 9.17) is 0 Å². The van der Waals surface area contributed by atoms with E-state index in [1.54, 1.807) is 12.1 Å². The number of benzene rings is 1. The highest BCUT2D eigenvalue weighted by atomic mass is 35.5. The molecule has 6 heteroatoms. The highest BCUT2D eigenvalue weighted by molar-refractivity contribution is 7.89. The fourth-order valence-electron chi connectivity index (χ4n) is 2.55. The van der Waals surface area contributed by atoms with Crippen LogP contribution in [0.5, 0.6) is 0 Å². The van der Waals surface area contributed by atoms with Crippen LogP contribution in [0.3, 0.4) is 0 Å². The molecule has 2 rings (SSSR count). The third-order valence-electron chi connectivity index (χ3n) is 4.16. The summed E-state index contributed by atoms with van der Waals surface area (Å²) in [4.78, 5) is 0.341. The molecular weight excluding hydrogens is 320 g/mol. The normalized spacial score (nSPS) is 22.9. The second-order valence-corrected chi connectivity index (χ2v) is 8.69. The molecular formula is C16H27ClN2O2S. The number of sulfonamides is 1. The Balaban J connectivity index is 0.00000242. The van der Waals surface area contributed by atoms with Crippen molar-refractivity contribution < 1.29 is 8.42 Å². The van der Waals surface area contributed by atoms with Crippen molar-refractivity contribution in [1.29, 1.82) is 0 Å². The van der Waals surface area contributed by atoms with Crippen molar-refractivity contribution in [2.75, 3.05) is 13.1 Å². The lowest BCUT2D eigenvalue weighted by Crippen LogP contribution is -2.50. The largest absolute Gasteiger partial charge is 0.315 e. The zero-order chi connectivity index (χ0) is 15.7.